The highest BCUT2D eigenvalue weighted by Gasteiger charge is 2.25. The molecule has 2 aliphatic rings. The molecule has 0 radical (unpaired) electrons. The maximum atomic E-state index is 5.51. The van der Waals surface area contributed by atoms with Gasteiger partial charge in [-0.25, -0.2) is 9.97 Å². The molecule has 0 spiro atoms. The van der Waals surface area contributed by atoms with Gasteiger partial charge in [0.05, 0.1) is 22.8 Å². The van der Waals surface area contributed by atoms with Crippen LogP contribution in [0.2, 0.25) is 0 Å². The molecule has 4 nitrogen and oxygen atoms in total. The number of nitrogens with one attached hydrogen (secondary N) is 2. The van der Waals surface area contributed by atoms with Crippen molar-refractivity contribution in [1.82, 2.24) is 19.9 Å². The first-order valence-electron chi connectivity index (χ1n) is 21.4. The maximum Gasteiger partial charge on any atom is 0.0737 e. The predicted molar refractivity (Wildman–Crippen MR) is 260 cm³/mol. The molecule has 0 unspecified atom stereocenters. The summed E-state index contributed by atoms with van der Waals surface area (Å²) in [5, 5.41) is 0. The summed E-state index contributed by atoms with van der Waals surface area (Å²) >= 11 is 0. The Morgan fingerprint density at radius 1 is 0.417 bits per heavy atom. The molecular weight excluding hydrogens is 729 g/mol. The van der Waals surface area contributed by atoms with Crippen LogP contribution in [-0.4, -0.2) is 19.9 Å². The molecule has 0 aliphatic carbocycles. The summed E-state index contributed by atoms with van der Waals surface area (Å²) in [7, 11) is 0. The highest BCUT2D eigenvalue weighted by atomic mass is 14.8. The number of aromatic amines is 2. The van der Waals surface area contributed by atoms with Gasteiger partial charge >= 0.3 is 0 Å². The van der Waals surface area contributed by atoms with E-state index in [4.69, 9.17) is 9.97 Å². The van der Waals surface area contributed by atoms with Crippen LogP contribution in [0.5, 0.6) is 0 Å². The van der Waals surface area contributed by atoms with E-state index in [1.807, 2.05) is 0 Å². The smallest absolute Gasteiger partial charge is 0.0737 e. The molecule has 6 aromatic rings. The van der Waals surface area contributed by atoms with Crippen LogP contribution in [0.25, 0.3) is 80.8 Å². The van der Waals surface area contributed by atoms with Crippen molar-refractivity contribution in [2.24, 2.45) is 0 Å². The molecule has 0 amide bonds. The Labute approximate surface area is 357 Å². The Kier molecular flexibility index (Phi) is 10.1. The second-order valence-corrected chi connectivity index (χ2v) is 20.7. The number of nitrogens with zero attached hydrogens (tertiary/aromatic N) is 2. The normalized spacial score (nSPS) is 13.5. The average Bonchev–Trinajstić information content (AvgIpc) is 4.01. The van der Waals surface area contributed by atoms with Crippen LogP contribution in [0.1, 0.15) is 139 Å². The summed E-state index contributed by atoms with van der Waals surface area (Å²) < 4.78 is 0. The summed E-state index contributed by atoms with van der Waals surface area (Å²) in [4.78, 5) is 18.6. The molecule has 0 saturated heterocycles. The SMILES string of the molecule is CC(C)(C)c1cc(-c2c3nc(c(C=Cc4ccccc4)c4ccc([nH]4)c(-c4cc(C(C)(C)C)cc(C(C)(C)C)c4)c4nc(cc5ccc2[nH]5)C=C4)C=C3)cc(C(C)(C)C)c1. The number of aromatic nitrogens is 4. The van der Waals surface area contributed by atoms with Gasteiger partial charge in [0.2, 0.25) is 0 Å². The molecule has 8 bridgehead atoms. The van der Waals surface area contributed by atoms with Gasteiger partial charge in [-0.2, -0.15) is 0 Å². The number of fused-ring (bicyclic) bond motifs is 8. The zero-order valence-electron chi connectivity index (χ0n) is 37.6. The van der Waals surface area contributed by atoms with E-state index < -0.39 is 0 Å². The fraction of sp³-hybridized carbons (Fsp3) is 0.286. The van der Waals surface area contributed by atoms with Crippen molar-refractivity contribution in [3.8, 4) is 22.3 Å². The van der Waals surface area contributed by atoms with E-state index in [0.29, 0.717) is 0 Å². The van der Waals surface area contributed by atoms with Crippen LogP contribution in [0, 0.1) is 0 Å². The molecule has 5 heterocycles. The van der Waals surface area contributed by atoms with Gasteiger partial charge in [0.25, 0.3) is 0 Å². The molecule has 4 heteroatoms. The maximum absolute atomic E-state index is 5.51. The van der Waals surface area contributed by atoms with Gasteiger partial charge in [-0.3, -0.25) is 0 Å². The van der Waals surface area contributed by atoms with Crippen molar-refractivity contribution >= 4 is 58.5 Å². The van der Waals surface area contributed by atoms with E-state index in [1.165, 1.54) is 22.3 Å². The Bertz CT molecular complexity index is 2740. The van der Waals surface area contributed by atoms with Crippen LogP contribution in [0.4, 0.5) is 0 Å². The van der Waals surface area contributed by atoms with Crippen molar-refractivity contribution in [2.45, 2.75) is 105 Å². The van der Waals surface area contributed by atoms with E-state index in [-0.39, 0.29) is 21.7 Å². The second kappa shape index (κ2) is 14.9. The molecule has 2 aliphatic heterocycles. The third kappa shape index (κ3) is 8.39. The van der Waals surface area contributed by atoms with Crippen molar-refractivity contribution < 1.29 is 0 Å². The lowest BCUT2D eigenvalue weighted by molar-refractivity contribution is 0.568. The van der Waals surface area contributed by atoms with Crippen LogP contribution < -0.4 is 0 Å². The van der Waals surface area contributed by atoms with E-state index in [9.17, 15) is 0 Å². The van der Waals surface area contributed by atoms with Crippen LogP contribution >= 0.6 is 0 Å². The highest BCUT2D eigenvalue weighted by Crippen LogP contribution is 2.40. The molecule has 60 heavy (non-hydrogen) atoms. The quantitative estimate of drug-likeness (QED) is 0.187. The Morgan fingerprint density at radius 3 is 1.43 bits per heavy atom. The van der Waals surface area contributed by atoms with Crippen molar-refractivity contribution in [1.29, 1.82) is 0 Å². The predicted octanol–water partition coefficient (Wildman–Crippen LogP) is 15.3. The molecule has 0 fully saturated rings. The zero-order valence-corrected chi connectivity index (χ0v) is 37.6. The van der Waals surface area contributed by atoms with Gasteiger partial charge in [0.15, 0.2) is 0 Å². The monoisotopic (exact) mass is 788 g/mol. The summed E-state index contributed by atoms with van der Waals surface area (Å²) in [5.41, 5.74) is 19.3. The van der Waals surface area contributed by atoms with Crippen LogP contribution in [0.15, 0.2) is 97.1 Å². The largest absolute Gasteiger partial charge is 0.355 e. The van der Waals surface area contributed by atoms with Gasteiger partial charge in [0, 0.05) is 38.8 Å². The van der Waals surface area contributed by atoms with E-state index >= 15 is 0 Å². The molecule has 0 saturated carbocycles. The standard InChI is InChI=1S/C56H60N4/c1-53(2,3)38-28-36(29-39(32-38)54(4,5)6)51-47-22-19-42(57-47)34-43-20-23-48(58-43)52(37-30-40(55(7,8)9)33-41(31-37)56(10,11)12)50-27-25-46(60-50)44(45-24-26-49(51)59-45)21-18-35-16-14-13-15-17-35/h13-34,57,60H,1-12H3. The zero-order chi connectivity index (χ0) is 42.8. The van der Waals surface area contributed by atoms with Crippen molar-refractivity contribution in [2.75, 3.05) is 0 Å². The minimum Gasteiger partial charge on any atom is -0.355 e. The molecule has 8 rings (SSSR count). The number of rotatable bonds is 4. The minimum absolute atomic E-state index is 0.0396. The number of H-pyrrole nitrogens is 2. The molecule has 3 aromatic heterocycles. The van der Waals surface area contributed by atoms with Crippen LogP contribution in [-0.2, 0) is 21.7 Å². The highest BCUT2D eigenvalue weighted by molar-refractivity contribution is 5.96. The van der Waals surface area contributed by atoms with E-state index in [0.717, 1.165) is 78.2 Å². The Morgan fingerprint density at radius 2 is 0.883 bits per heavy atom. The summed E-state index contributed by atoms with van der Waals surface area (Å²) in [6.07, 6.45) is 13.0. The molecular formula is C56H60N4. The lowest BCUT2D eigenvalue weighted by Crippen LogP contribution is -2.16. The molecule has 304 valence electrons. The van der Waals surface area contributed by atoms with E-state index in [2.05, 4.69) is 227 Å². The topological polar surface area (TPSA) is 57.4 Å². The lowest BCUT2D eigenvalue weighted by atomic mass is 9.78. The molecule has 3 aromatic carbocycles. The van der Waals surface area contributed by atoms with Crippen molar-refractivity contribution in [3.05, 3.63) is 153 Å². The summed E-state index contributed by atoms with van der Waals surface area (Å²) in [6.45, 7) is 27.5. The lowest BCUT2D eigenvalue weighted by Gasteiger charge is -2.26. The van der Waals surface area contributed by atoms with Gasteiger partial charge < -0.3 is 9.97 Å². The van der Waals surface area contributed by atoms with Crippen molar-refractivity contribution in [3.63, 3.8) is 0 Å². The number of benzene rings is 3. The average molecular weight is 789 g/mol. The second-order valence-electron chi connectivity index (χ2n) is 20.7. The van der Waals surface area contributed by atoms with Gasteiger partial charge in [-0.15, -0.1) is 0 Å². The van der Waals surface area contributed by atoms with E-state index in [1.54, 1.807) is 0 Å². The Hall–Kier alpha value is -6.00. The Balaban J connectivity index is 1.50. The van der Waals surface area contributed by atoms with Crippen LogP contribution in [0.3, 0.4) is 0 Å². The number of hydrogen-bond acceptors (Lipinski definition) is 2. The molecule has 0 atom stereocenters. The third-order valence-electron chi connectivity index (χ3n) is 11.8. The summed E-state index contributed by atoms with van der Waals surface area (Å²) in [6, 6.07) is 35.6. The first-order chi connectivity index (χ1) is 28.2. The van der Waals surface area contributed by atoms with Gasteiger partial charge in [-0.1, -0.05) is 162 Å². The summed E-state index contributed by atoms with van der Waals surface area (Å²) in [5.74, 6) is 0. The third-order valence-corrected chi connectivity index (χ3v) is 11.8. The van der Waals surface area contributed by atoms with Gasteiger partial charge in [0.1, 0.15) is 0 Å². The first-order valence-corrected chi connectivity index (χ1v) is 21.4. The fourth-order valence-electron chi connectivity index (χ4n) is 7.96. The molecule has 2 N–H and O–H groups in total. The van der Waals surface area contributed by atoms with Gasteiger partial charge in [-0.05, 0) is 115 Å². The first kappa shape index (κ1) is 40.8. The fourth-order valence-corrected chi connectivity index (χ4v) is 7.96. The number of hydrogen-bond donors (Lipinski definition) is 2. The minimum atomic E-state index is -0.0396.